The van der Waals surface area contributed by atoms with Gasteiger partial charge in [0, 0.05) is 17.3 Å². The van der Waals surface area contributed by atoms with Crippen molar-refractivity contribution in [3.8, 4) is 0 Å². The van der Waals surface area contributed by atoms with Crippen molar-refractivity contribution in [3.63, 3.8) is 0 Å². The molecule has 0 N–H and O–H groups in total. The fourth-order valence-electron chi connectivity index (χ4n) is 30.2. The average molecular weight is 767 g/mol. The lowest BCUT2D eigenvalue weighted by atomic mass is 9.34. The molecule has 58 heavy (non-hydrogen) atoms. The normalized spacial score (nSPS) is 71.9. The van der Waals surface area contributed by atoms with Gasteiger partial charge >= 0.3 is 5.97 Å². The summed E-state index contributed by atoms with van der Waals surface area (Å²) in [5.41, 5.74) is 9.24. The van der Waals surface area contributed by atoms with Crippen molar-refractivity contribution in [1.29, 1.82) is 0 Å². The molecule has 32 unspecified atom stereocenters. The van der Waals surface area contributed by atoms with Crippen LogP contribution < -0.4 is 0 Å². The molecule has 0 amide bonds. The quantitative estimate of drug-likeness (QED) is 0.220. The highest BCUT2D eigenvalue weighted by Crippen LogP contribution is 3.03. The Kier molecular flexibility index (Phi) is 4.49. The molecule has 298 valence electrons. The molecule has 1 aromatic carbocycles. The lowest BCUT2D eigenvalue weighted by molar-refractivity contribution is -0.221. The van der Waals surface area contributed by atoms with Gasteiger partial charge in [-0.3, -0.25) is 4.79 Å². The van der Waals surface area contributed by atoms with Gasteiger partial charge in [0.1, 0.15) is 0 Å². The number of hydrogen-bond donors (Lipinski definition) is 0. The first-order valence-electron chi connectivity index (χ1n) is 26.2. The minimum atomic E-state index is 0.0292. The van der Waals surface area contributed by atoms with Crippen molar-refractivity contribution in [2.45, 2.75) is 82.5 Å². The number of allylic oxidation sites excluding steroid dienone is 4. The van der Waals surface area contributed by atoms with E-state index in [2.05, 4.69) is 53.1 Å². The summed E-state index contributed by atoms with van der Waals surface area (Å²) < 4.78 is 5.41. The van der Waals surface area contributed by atoms with Gasteiger partial charge in [0.15, 0.2) is 0 Å². The van der Waals surface area contributed by atoms with Crippen LogP contribution in [0.4, 0.5) is 0 Å². The maximum Gasteiger partial charge on any atom is 0.305 e. The van der Waals surface area contributed by atoms with Crippen LogP contribution in [0.2, 0.25) is 0 Å². The molecule has 2 nitrogen and oxygen atoms in total. The van der Waals surface area contributed by atoms with Crippen molar-refractivity contribution in [3.05, 3.63) is 58.7 Å². The SMILES string of the molecule is COC(=O)CCCC1(c2ccccc2)C23C=C4CC5CC6CCC7C8CC9=C%10C8C8C%11C7C6C6C5C4C4C(C6%11)C5C8C6C%10C(C9)C7CC8CCC12C1C8C7C6C5C1C43. The predicted octanol–water partition coefficient (Wildman–Crippen LogP) is 10.1. The molecule has 0 aliphatic heterocycles. The summed E-state index contributed by atoms with van der Waals surface area (Å²) in [7, 11) is 1.63. The Morgan fingerprint density at radius 2 is 1.33 bits per heavy atom. The van der Waals surface area contributed by atoms with E-state index in [-0.39, 0.29) is 11.4 Å². The van der Waals surface area contributed by atoms with Crippen LogP contribution >= 0.6 is 0 Å². The zero-order valence-corrected chi connectivity index (χ0v) is 34.5. The number of methoxy groups -OCH3 is 1. The number of esters is 1. The van der Waals surface area contributed by atoms with Crippen molar-refractivity contribution < 1.29 is 9.53 Å². The molecule has 0 saturated heterocycles. The van der Waals surface area contributed by atoms with Crippen molar-refractivity contribution in [2.24, 2.45) is 182 Å². The van der Waals surface area contributed by atoms with E-state index >= 15 is 0 Å². The van der Waals surface area contributed by atoms with Crippen molar-refractivity contribution in [1.82, 2.24) is 0 Å². The highest BCUT2D eigenvalue weighted by molar-refractivity contribution is 5.69. The highest BCUT2D eigenvalue weighted by atomic mass is 16.5. The Balaban J connectivity index is 0.919. The molecule has 0 aromatic heterocycles. The Morgan fingerprint density at radius 3 is 2.16 bits per heavy atom. The van der Waals surface area contributed by atoms with E-state index in [0.717, 1.165) is 178 Å². The Bertz CT molecular complexity index is 2340. The minimum Gasteiger partial charge on any atom is -0.469 e. The number of carbonyl (C=O) groups is 1. The smallest absolute Gasteiger partial charge is 0.305 e. The number of benzene rings is 1. The molecule has 0 bridgehead atoms. The van der Waals surface area contributed by atoms with Crippen LogP contribution in [0.15, 0.2) is 53.1 Å². The van der Waals surface area contributed by atoms with Crippen LogP contribution in [-0.2, 0) is 14.9 Å². The van der Waals surface area contributed by atoms with Gasteiger partial charge in [-0.1, -0.05) is 53.1 Å². The first-order valence-corrected chi connectivity index (χ1v) is 26.2. The van der Waals surface area contributed by atoms with Gasteiger partial charge in [0.25, 0.3) is 0 Å². The molecular weight excluding hydrogens is 705 g/mol. The molecule has 19 aliphatic carbocycles. The second-order valence-corrected chi connectivity index (χ2v) is 26.9. The summed E-state index contributed by atoms with van der Waals surface area (Å²) in [5.74, 6) is 31.0. The third-order valence-electron chi connectivity index (χ3n) is 28.5. The largest absolute Gasteiger partial charge is 0.469 e. The van der Waals surface area contributed by atoms with Gasteiger partial charge in [0.05, 0.1) is 7.11 Å². The van der Waals surface area contributed by atoms with E-state index in [4.69, 9.17) is 4.74 Å². The van der Waals surface area contributed by atoms with E-state index in [1.165, 1.54) is 19.3 Å². The molecule has 2 heteroatoms. The van der Waals surface area contributed by atoms with Crippen LogP contribution in [0.3, 0.4) is 0 Å². The maximum atomic E-state index is 13.0. The molecule has 2 spiro atoms. The fourth-order valence-corrected chi connectivity index (χ4v) is 30.2. The number of hydrogen-bond acceptors (Lipinski definition) is 2. The van der Waals surface area contributed by atoms with Crippen LogP contribution in [0, 0.1) is 182 Å². The van der Waals surface area contributed by atoms with E-state index in [0.29, 0.717) is 17.3 Å². The number of carbonyl (C=O) groups excluding carboxylic acids is 1. The van der Waals surface area contributed by atoms with Crippen LogP contribution in [0.1, 0.15) is 82.6 Å². The second kappa shape index (κ2) is 8.60. The van der Waals surface area contributed by atoms with Gasteiger partial charge in [0.2, 0.25) is 0 Å². The highest BCUT2D eigenvalue weighted by Gasteiger charge is 3.00. The van der Waals surface area contributed by atoms with E-state index < -0.39 is 0 Å². The molecule has 1 aromatic rings. The second-order valence-electron chi connectivity index (χ2n) is 26.9. The van der Waals surface area contributed by atoms with Crippen LogP contribution in [-0.4, -0.2) is 13.1 Å². The van der Waals surface area contributed by atoms with Gasteiger partial charge in [-0.15, -0.1) is 0 Å². The summed E-state index contributed by atoms with van der Waals surface area (Å²) in [6.45, 7) is 0. The zero-order chi connectivity index (χ0) is 36.6. The van der Waals surface area contributed by atoms with Gasteiger partial charge in [-0.2, -0.15) is 0 Å². The molecule has 16 saturated carbocycles. The molecule has 20 rings (SSSR count). The summed E-state index contributed by atoms with van der Waals surface area (Å²) >= 11 is 0. The third kappa shape index (κ3) is 2.37. The van der Waals surface area contributed by atoms with Crippen molar-refractivity contribution in [2.75, 3.05) is 7.11 Å². The first kappa shape index (κ1) is 30.3. The predicted molar refractivity (Wildman–Crippen MR) is 217 cm³/mol. The Labute approximate surface area is 344 Å². The van der Waals surface area contributed by atoms with Crippen LogP contribution in [0.5, 0.6) is 0 Å². The first-order chi connectivity index (χ1) is 28.6. The number of fused-ring (bicyclic) bond motifs is 2. The third-order valence-corrected chi connectivity index (χ3v) is 28.5. The molecule has 16 fully saturated rings. The van der Waals surface area contributed by atoms with Gasteiger partial charge in [-0.05, 0) is 253 Å². The monoisotopic (exact) mass is 766 g/mol. The standard InChI is InChI=1S/C56H62O2/c1-58-30(57)8-5-12-54(25-6-3-2-4-7-25)55-13-11-21-16-28-29-18-23-17-27-26-10-9-20-14-22-15-24-19-56(54,55)53-50-34(24)32(22)40-31(20)36(26)41-42-37(27)33(23)38(29)43-44-39(28)35(21)52(55)51(53)49(44)47(46(42)43)48(50)45(40)41/h2-4,6-7,19-22,26-29,31-32,34-53H,5,8-18H2,1H3. The van der Waals surface area contributed by atoms with Gasteiger partial charge < -0.3 is 4.74 Å². The summed E-state index contributed by atoms with van der Waals surface area (Å²) in [6.07, 6.45) is 20.5. The van der Waals surface area contributed by atoms with E-state index in [9.17, 15) is 4.79 Å². The summed E-state index contributed by atoms with van der Waals surface area (Å²) in [5, 5.41) is 0. The average Bonchev–Trinajstić information content (AvgIpc) is 4.04. The van der Waals surface area contributed by atoms with Crippen LogP contribution in [0.25, 0.3) is 0 Å². The summed E-state index contributed by atoms with van der Waals surface area (Å²) in [4.78, 5) is 13.0. The maximum absolute atomic E-state index is 13.0. The minimum absolute atomic E-state index is 0.0292. The Morgan fingerprint density at radius 1 is 0.621 bits per heavy atom. The van der Waals surface area contributed by atoms with Crippen molar-refractivity contribution >= 4 is 5.97 Å². The summed E-state index contributed by atoms with van der Waals surface area (Å²) in [6, 6.07) is 12.5. The zero-order valence-electron chi connectivity index (χ0n) is 34.5. The molecule has 0 radical (unpaired) electrons. The topological polar surface area (TPSA) is 26.3 Å². The van der Waals surface area contributed by atoms with Gasteiger partial charge in [-0.25, -0.2) is 0 Å². The lowest BCUT2D eigenvalue weighted by Gasteiger charge is -2.70. The number of rotatable bonds is 5. The van der Waals surface area contributed by atoms with E-state index in [1.54, 1.807) is 57.6 Å². The van der Waals surface area contributed by atoms with E-state index in [1.807, 2.05) is 0 Å². The number of ether oxygens (including phenoxy) is 1. The molecular formula is C56H62O2. The fraction of sp³-hybridized carbons (Fsp3) is 0.804. The lowest BCUT2D eigenvalue weighted by Crippen LogP contribution is -2.67. The molecule has 19 aliphatic rings. The Hall–Kier alpha value is -1.83. The molecule has 0 heterocycles. The molecule has 32 atom stereocenters.